The predicted molar refractivity (Wildman–Crippen MR) is 96.4 cm³/mol. The summed E-state index contributed by atoms with van der Waals surface area (Å²) in [5, 5.41) is 0. The summed E-state index contributed by atoms with van der Waals surface area (Å²) in [6, 6.07) is 8.10. The van der Waals surface area contributed by atoms with Gasteiger partial charge in [-0.3, -0.25) is 9.88 Å². The summed E-state index contributed by atoms with van der Waals surface area (Å²) in [4.78, 5) is 18.2. The van der Waals surface area contributed by atoms with Gasteiger partial charge in [-0.2, -0.15) is 0 Å². The first-order chi connectivity index (χ1) is 12.2. The van der Waals surface area contributed by atoms with E-state index in [0.717, 1.165) is 69.5 Å². The summed E-state index contributed by atoms with van der Waals surface area (Å²) in [5.74, 6) is 0.808. The lowest BCUT2D eigenvalue weighted by molar-refractivity contribution is -0.116. The van der Waals surface area contributed by atoms with Crippen LogP contribution in [0, 0.1) is 6.92 Å². The maximum atomic E-state index is 6.29. The van der Waals surface area contributed by atoms with E-state index in [1.54, 1.807) is 12.4 Å². The van der Waals surface area contributed by atoms with Gasteiger partial charge in [-0.1, -0.05) is 6.07 Å². The van der Waals surface area contributed by atoms with Gasteiger partial charge in [-0.05, 0) is 38.0 Å². The molecular weight excluding hydrogens is 314 g/mol. The van der Waals surface area contributed by atoms with Crippen LogP contribution in [-0.2, 0) is 11.3 Å². The molecule has 6 heteroatoms. The number of aryl methyl sites for hydroxylation is 1. The molecule has 1 unspecified atom stereocenters. The summed E-state index contributed by atoms with van der Waals surface area (Å²) in [6.45, 7) is 7.45. The predicted octanol–water partition coefficient (Wildman–Crippen LogP) is 2.05. The molecule has 0 aliphatic carbocycles. The average molecular weight is 339 g/mol. The van der Waals surface area contributed by atoms with Crippen molar-refractivity contribution in [1.82, 2.24) is 19.9 Å². The zero-order valence-electron chi connectivity index (χ0n) is 14.8. The Morgan fingerprint density at radius 3 is 2.84 bits per heavy atom. The normalized spacial score (nSPS) is 24.6. The van der Waals surface area contributed by atoms with Crippen LogP contribution < -0.4 is 4.90 Å². The molecular formula is C19H25N5O. The van der Waals surface area contributed by atoms with E-state index in [0.29, 0.717) is 0 Å². The van der Waals surface area contributed by atoms with E-state index in [1.807, 2.05) is 19.1 Å². The minimum absolute atomic E-state index is 0.125. The van der Waals surface area contributed by atoms with E-state index in [4.69, 9.17) is 4.74 Å². The number of ether oxygens (including phenoxy) is 1. The molecule has 4 rings (SSSR count). The van der Waals surface area contributed by atoms with Gasteiger partial charge in [-0.15, -0.1) is 0 Å². The molecule has 0 saturated carbocycles. The lowest BCUT2D eigenvalue weighted by atomic mass is 9.90. The number of piperidine rings is 1. The van der Waals surface area contributed by atoms with Gasteiger partial charge in [0, 0.05) is 44.3 Å². The molecule has 4 heterocycles. The fourth-order valence-corrected chi connectivity index (χ4v) is 3.95. The van der Waals surface area contributed by atoms with Gasteiger partial charge in [0.15, 0.2) is 0 Å². The van der Waals surface area contributed by atoms with Crippen LogP contribution in [0.4, 0.5) is 5.95 Å². The van der Waals surface area contributed by atoms with Crippen molar-refractivity contribution in [3.63, 3.8) is 0 Å². The molecule has 0 bridgehead atoms. The molecule has 2 fully saturated rings. The Morgan fingerprint density at radius 2 is 2.00 bits per heavy atom. The van der Waals surface area contributed by atoms with Crippen molar-refractivity contribution in [3.8, 4) is 0 Å². The van der Waals surface area contributed by atoms with Gasteiger partial charge in [0.05, 0.1) is 24.4 Å². The van der Waals surface area contributed by atoms with Crippen molar-refractivity contribution in [2.24, 2.45) is 0 Å². The van der Waals surface area contributed by atoms with Crippen LogP contribution in [0.5, 0.6) is 0 Å². The van der Waals surface area contributed by atoms with Gasteiger partial charge in [-0.25, -0.2) is 9.97 Å². The molecule has 0 aromatic carbocycles. The molecule has 2 aromatic heterocycles. The highest BCUT2D eigenvalue weighted by Crippen LogP contribution is 2.30. The van der Waals surface area contributed by atoms with E-state index < -0.39 is 0 Å². The Bertz CT molecular complexity index is 706. The molecule has 6 nitrogen and oxygen atoms in total. The number of nitrogens with zero attached hydrogens (tertiary/aromatic N) is 5. The molecule has 0 radical (unpaired) electrons. The lowest BCUT2D eigenvalue weighted by Gasteiger charge is -2.48. The minimum Gasteiger partial charge on any atom is -0.370 e. The second kappa shape index (κ2) is 7.06. The average Bonchev–Trinajstić information content (AvgIpc) is 2.63. The zero-order valence-corrected chi connectivity index (χ0v) is 14.8. The third kappa shape index (κ3) is 3.80. The fourth-order valence-electron chi connectivity index (χ4n) is 3.95. The summed E-state index contributed by atoms with van der Waals surface area (Å²) in [6.07, 6.45) is 5.81. The second-order valence-corrected chi connectivity index (χ2v) is 7.09. The Kier molecular flexibility index (Phi) is 4.63. The summed E-state index contributed by atoms with van der Waals surface area (Å²) < 4.78 is 6.29. The minimum atomic E-state index is -0.125. The van der Waals surface area contributed by atoms with Crippen molar-refractivity contribution >= 4 is 5.95 Å². The van der Waals surface area contributed by atoms with Crippen LogP contribution in [0.3, 0.4) is 0 Å². The highest BCUT2D eigenvalue weighted by molar-refractivity contribution is 5.31. The van der Waals surface area contributed by atoms with Gasteiger partial charge < -0.3 is 9.64 Å². The van der Waals surface area contributed by atoms with Gasteiger partial charge in [0.25, 0.3) is 0 Å². The van der Waals surface area contributed by atoms with Crippen molar-refractivity contribution in [1.29, 1.82) is 0 Å². The second-order valence-electron chi connectivity index (χ2n) is 7.09. The van der Waals surface area contributed by atoms with Crippen LogP contribution in [0.1, 0.15) is 24.2 Å². The Morgan fingerprint density at radius 1 is 1.12 bits per heavy atom. The van der Waals surface area contributed by atoms with Crippen LogP contribution in [-0.4, -0.2) is 58.2 Å². The molecule has 2 aliphatic rings. The van der Waals surface area contributed by atoms with E-state index in [1.165, 1.54) is 0 Å². The van der Waals surface area contributed by atoms with E-state index in [9.17, 15) is 0 Å². The first kappa shape index (κ1) is 16.4. The number of pyridine rings is 1. The van der Waals surface area contributed by atoms with Crippen molar-refractivity contribution in [2.45, 2.75) is 31.9 Å². The summed E-state index contributed by atoms with van der Waals surface area (Å²) in [7, 11) is 0. The third-order valence-corrected chi connectivity index (χ3v) is 5.03. The monoisotopic (exact) mass is 339 g/mol. The number of hydrogen-bond donors (Lipinski definition) is 0. The standard InChI is InChI=1S/C19H25N5O/c1-16-5-2-6-17(22-16)13-23-11-12-25-19(14-23)7-3-10-24(15-19)18-20-8-4-9-21-18/h2,4-6,8-9H,3,7,10-15H2,1H3. The number of anilines is 1. The molecule has 2 aromatic rings. The highest BCUT2D eigenvalue weighted by Gasteiger charge is 2.41. The molecule has 1 spiro atoms. The lowest BCUT2D eigenvalue weighted by Crippen LogP contribution is -2.59. The van der Waals surface area contributed by atoms with Crippen molar-refractivity contribution < 1.29 is 4.74 Å². The van der Waals surface area contributed by atoms with Gasteiger partial charge in [0.2, 0.25) is 5.95 Å². The Hall–Kier alpha value is -2.05. The van der Waals surface area contributed by atoms with E-state index in [-0.39, 0.29) is 5.60 Å². The van der Waals surface area contributed by atoms with Gasteiger partial charge >= 0.3 is 0 Å². The van der Waals surface area contributed by atoms with Crippen LogP contribution >= 0.6 is 0 Å². The van der Waals surface area contributed by atoms with Crippen LogP contribution in [0.15, 0.2) is 36.7 Å². The maximum absolute atomic E-state index is 6.29. The maximum Gasteiger partial charge on any atom is 0.225 e. The SMILES string of the molecule is Cc1cccc(CN2CCOC3(CCCN(c4ncccn4)C3)C2)n1. The summed E-state index contributed by atoms with van der Waals surface area (Å²) in [5.41, 5.74) is 2.08. The molecule has 25 heavy (non-hydrogen) atoms. The van der Waals surface area contributed by atoms with Crippen LogP contribution in [0.25, 0.3) is 0 Å². The largest absolute Gasteiger partial charge is 0.370 e. The molecule has 0 amide bonds. The Balaban J connectivity index is 1.46. The summed E-state index contributed by atoms with van der Waals surface area (Å²) >= 11 is 0. The molecule has 1 atom stereocenters. The first-order valence-corrected chi connectivity index (χ1v) is 9.03. The molecule has 0 N–H and O–H groups in total. The number of rotatable bonds is 3. The quantitative estimate of drug-likeness (QED) is 0.853. The van der Waals surface area contributed by atoms with Crippen molar-refractivity contribution in [2.75, 3.05) is 37.7 Å². The highest BCUT2D eigenvalue weighted by atomic mass is 16.5. The zero-order chi connectivity index (χ0) is 17.1. The smallest absolute Gasteiger partial charge is 0.225 e. The Labute approximate surface area is 148 Å². The molecule has 2 saturated heterocycles. The van der Waals surface area contributed by atoms with Crippen LogP contribution in [0.2, 0.25) is 0 Å². The van der Waals surface area contributed by atoms with Crippen molar-refractivity contribution in [3.05, 3.63) is 48.0 Å². The first-order valence-electron chi connectivity index (χ1n) is 9.03. The molecule has 132 valence electrons. The number of hydrogen-bond acceptors (Lipinski definition) is 6. The topological polar surface area (TPSA) is 54.4 Å². The number of aromatic nitrogens is 3. The van der Waals surface area contributed by atoms with E-state index in [2.05, 4.69) is 36.9 Å². The van der Waals surface area contributed by atoms with E-state index >= 15 is 0 Å². The third-order valence-electron chi connectivity index (χ3n) is 5.03. The fraction of sp³-hybridized carbons (Fsp3) is 0.526. The molecule has 2 aliphatic heterocycles. The van der Waals surface area contributed by atoms with Gasteiger partial charge in [0.1, 0.15) is 0 Å². The number of morpholine rings is 1.